The molecule has 1 fully saturated rings. The summed E-state index contributed by atoms with van der Waals surface area (Å²) >= 11 is 3.12. The normalized spacial score (nSPS) is 20.1. The molecule has 0 radical (unpaired) electrons. The van der Waals surface area contributed by atoms with Crippen LogP contribution in [0.4, 0.5) is 4.39 Å². The van der Waals surface area contributed by atoms with E-state index >= 15 is 0 Å². The van der Waals surface area contributed by atoms with Crippen molar-refractivity contribution in [3.63, 3.8) is 0 Å². The predicted molar refractivity (Wildman–Crippen MR) is 76.4 cm³/mol. The maximum absolute atomic E-state index is 13.2. The summed E-state index contributed by atoms with van der Waals surface area (Å²) in [6, 6.07) is 4.41. The van der Waals surface area contributed by atoms with Crippen molar-refractivity contribution < 1.29 is 14.0 Å². The first-order chi connectivity index (χ1) is 9.47. The smallest absolute Gasteiger partial charge is 0.224 e. The highest BCUT2D eigenvalue weighted by atomic mass is 79.9. The molecule has 2 rings (SSSR count). The molecule has 1 aromatic carbocycles. The van der Waals surface area contributed by atoms with Crippen LogP contribution in [-0.2, 0) is 9.59 Å². The van der Waals surface area contributed by atoms with Gasteiger partial charge in [-0.25, -0.2) is 4.39 Å². The first-order valence-corrected chi connectivity index (χ1v) is 7.28. The van der Waals surface area contributed by atoms with Crippen LogP contribution >= 0.6 is 15.9 Å². The molecule has 1 aliphatic rings. The van der Waals surface area contributed by atoms with E-state index in [-0.39, 0.29) is 36.0 Å². The standard InChI is InChI=1S/C14H16BrFN2O2/c1-8(9-2-3-12(16)11(15)6-9)18-14(20)10-4-5-17-13(19)7-10/h2-3,6,8,10H,4-5,7H2,1H3,(H,17,19)(H,18,20)/t8-,10?/m0/s1. The Hall–Kier alpha value is -1.43. The zero-order chi connectivity index (χ0) is 14.7. The van der Waals surface area contributed by atoms with Crippen molar-refractivity contribution in [3.8, 4) is 0 Å². The fourth-order valence-electron chi connectivity index (χ4n) is 2.20. The summed E-state index contributed by atoms with van der Waals surface area (Å²) in [4.78, 5) is 23.4. The fourth-order valence-corrected chi connectivity index (χ4v) is 2.60. The van der Waals surface area contributed by atoms with Gasteiger partial charge in [-0.1, -0.05) is 6.07 Å². The van der Waals surface area contributed by atoms with Gasteiger partial charge in [-0.15, -0.1) is 0 Å². The number of hydrogen-bond acceptors (Lipinski definition) is 2. The van der Waals surface area contributed by atoms with Gasteiger partial charge in [0.1, 0.15) is 5.82 Å². The first kappa shape index (κ1) is 15.0. The van der Waals surface area contributed by atoms with E-state index in [4.69, 9.17) is 0 Å². The third-order valence-corrected chi connectivity index (χ3v) is 4.03. The number of carbonyl (C=O) groups excluding carboxylic acids is 2. The van der Waals surface area contributed by atoms with E-state index in [1.165, 1.54) is 6.07 Å². The summed E-state index contributed by atoms with van der Waals surface area (Å²) in [6.45, 7) is 2.37. The van der Waals surface area contributed by atoms with Crippen molar-refractivity contribution in [3.05, 3.63) is 34.1 Å². The molecule has 0 aliphatic carbocycles. The Morgan fingerprint density at radius 3 is 2.95 bits per heavy atom. The molecular weight excluding hydrogens is 327 g/mol. The second kappa shape index (κ2) is 6.35. The number of amides is 2. The lowest BCUT2D eigenvalue weighted by molar-refractivity contribution is -0.132. The number of halogens is 2. The van der Waals surface area contributed by atoms with Gasteiger partial charge in [-0.3, -0.25) is 9.59 Å². The minimum atomic E-state index is -0.337. The molecule has 108 valence electrons. The van der Waals surface area contributed by atoms with Gasteiger partial charge in [-0.05, 0) is 47.0 Å². The monoisotopic (exact) mass is 342 g/mol. The van der Waals surface area contributed by atoms with Crippen molar-refractivity contribution >= 4 is 27.7 Å². The summed E-state index contributed by atoms with van der Waals surface area (Å²) < 4.78 is 13.5. The quantitative estimate of drug-likeness (QED) is 0.885. The summed E-state index contributed by atoms with van der Waals surface area (Å²) in [6.07, 6.45) is 0.878. The maximum Gasteiger partial charge on any atom is 0.224 e. The summed E-state index contributed by atoms with van der Waals surface area (Å²) in [7, 11) is 0. The van der Waals surface area contributed by atoms with Crippen LogP contribution in [0, 0.1) is 11.7 Å². The minimum Gasteiger partial charge on any atom is -0.356 e. The lowest BCUT2D eigenvalue weighted by atomic mass is 9.96. The largest absolute Gasteiger partial charge is 0.356 e. The minimum absolute atomic E-state index is 0.0893. The van der Waals surface area contributed by atoms with E-state index in [9.17, 15) is 14.0 Å². The van der Waals surface area contributed by atoms with E-state index < -0.39 is 0 Å². The molecular formula is C14H16BrFN2O2. The lowest BCUT2D eigenvalue weighted by Gasteiger charge is -2.23. The second-order valence-electron chi connectivity index (χ2n) is 4.94. The average molecular weight is 343 g/mol. The van der Waals surface area contributed by atoms with E-state index in [1.54, 1.807) is 12.1 Å². The van der Waals surface area contributed by atoms with Crippen LogP contribution in [0.2, 0.25) is 0 Å². The van der Waals surface area contributed by atoms with E-state index in [0.29, 0.717) is 17.4 Å². The number of piperidine rings is 1. The number of rotatable bonds is 3. The highest BCUT2D eigenvalue weighted by Crippen LogP contribution is 2.22. The number of benzene rings is 1. The molecule has 1 unspecified atom stereocenters. The highest BCUT2D eigenvalue weighted by molar-refractivity contribution is 9.10. The second-order valence-corrected chi connectivity index (χ2v) is 5.80. The Kier molecular flexibility index (Phi) is 4.75. The van der Waals surface area contributed by atoms with Gasteiger partial charge in [0, 0.05) is 18.9 Å². The van der Waals surface area contributed by atoms with Crippen LogP contribution in [0.3, 0.4) is 0 Å². The Balaban J connectivity index is 1.99. The van der Waals surface area contributed by atoms with Crippen molar-refractivity contribution in [1.29, 1.82) is 0 Å². The first-order valence-electron chi connectivity index (χ1n) is 6.49. The highest BCUT2D eigenvalue weighted by Gasteiger charge is 2.26. The predicted octanol–water partition coefficient (Wildman–Crippen LogP) is 2.29. The molecule has 1 aromatic rings. The van der Waals surface area contributed by atoms with Crippen LogP contribution in [-0.4, -0.2) is 18.4 Å². The third-order valence-electron chi connectivity index (χ3n) is 3.42. The average Bonchev–Trinajstić information content (AvgIpc) is 2.41. The molecule has 0 spiro atoms. The van der Waals surface area contributed by atoms with Crippen molar-refractivity contribution in [2.45, 2.75) is 25.8 Å². The summed E-state index contributed by atoms with van der Waals surface area (Å²) in [5.41, 5.74) is 0.812. The molecule has 0 saturated carbocycles. The zero-order valence-corrected chi connectivity index (χ0v) is 12.7. The SMILES string of the molecule is C[C@H](NC(=O)C1CCNC(=O)C1)c1ccc(F)c(Br)c1. The Morgan fingerprint density at radius 1 is 1.55 bits per heavy atom. The molecule has 1 saturated heterocycles. The Labute approximate surface area is 125 Å². The lowest BCUT2D eigenvalue weighted by Crippen LogP contribution is -2.41. The van der Waals surface area contributed by atoms with Crippen LogP contribution in [0.25, 0.3) is 0 Å². The van der Waals surface area contributed by atoms with Gasteiger partial charge in [0.15, 0.2) is 0 Å². The molecule has 1 aliphatic heterocycles. The summed E-state index contributed by atoms with van der Waals surface area (Å²) in [5, 5.41) is 5.57. The van der Waals surface area contributed by atoms with Gasteiger partial charge in [0.2, 0.25) is 11.8 Å². The number of carbonyl (C=O) groups is 2. The molecule has 0 bridgehead atoms. The van der Waals surface area contributed by atoms with Crippen molar-refractivity contribution in [2.75, 3.05) is 6.54 Å². The Morgan fingerprint density at radius 2 is 2.30 bits per heavy atom. The molecule has 6 heteroatoms. The van der Waals surface area contributed by atoms with E-state index in [1.807, 2.05) is 6.92 Å². The maximum atomic E-state index is 13.2. The van der Waals surface area contributed by atoms with Crippen molar-refractivity contribution in [1.82, 2.24) is 10.6 Å². The molecule has 20 heavy (non-hydrogen) atoms. The molecule has 2 N–H and O–H groups in total. The van der Waals surface area contributed by atoms with E-state index in [2.05, 4.69) is 26.6 Å². The molecule has 4 nitrogen and oxygen atoms in total. The van der Waals surface area contributed by atoms with Crippen LogP contribution in [0.5, 0.6) is 0 Å². The van der Waals surface area contributed by atoms with Gasteiger partial charge in [0.05, 0.1) is 10.5 Å². The van der Waals surface area contributed by atoms with Gasteiger partial charge >= 0.3 is 0 Å². The number of hydrogen-bond donors (Lipinski definition) is 2. The van der Waals surface area contributed by atoms with Crippen LogP contribution < -0.4 is 10.6 Å². The van der Waals surface area contributed by atoms with E-state index in [0.717, 1.165) is 5.56 Å². The van der Waals surface area contributed by atoms with Crippen LogP contribution in [0.1, 0.15) is 31.4 Å². The molecule has 1 heterocycles. The molecule has 2 atom stereocenters. The number of nitrogens with one attached hydrogen (secondary N) is 2. The fraction of sp³-hybridized carbons (Fsp3) is 0.429. The van der Waals surface area contributed by atoms with Gasteiger partial charge < -0.3 is 10.6 Å². The van der Waals surface area contributed by atoms with Crippen LogP contribution in [0.15, 0.2) is 22.7 Å². The van der Waals surface area contributed by atoms with Gasteiger partial charge in [-0.2, -0.15) is 0 Å². The van der Waals surface area contributed by atoms with Gasteiger partial charge in [0.25, 0.3) is 0 Å². The van der Waals surface area contributed by atoms with Crippen molar-refractivity contribution in [2.24, 2.45) is 5.92 Å². The summed E-state index contributed by atoms with van der Waals surface area (Å²) in [5.74, 6) is -0.840. The topological polar surface area (TPSA) is 58.2 Å². The third kappa shape index (κ3) is 3.56. The molecule has 0 aromatic heterocycles. The molecule has 2 amide bonds. The zero-order valence-electron chi connectivity index (χ0n) is 11.1. The Bertz CT molecular complexity index is 536.